The van der Waals surface area contributed by atoms with Crippen molar-refractivity contribution in [3.63, 3.8) is 0 Å². The van der Waals surface area contributed by atoms with E-state index in [1.165, 1.54) is 7.11 Å². The predicted octanol–water partition coefficient (Wildman–Crippen LogP) is 1.90. The largest absolute Gasteiger partial charge is 0.467 e. The van der Waals surface area contributed by atoms with Gasteiger partial charge in [-0.2, -0.15) is 0 Å². The second-order valence-corrected chi connectivity index (χ2v) is 2.08. The summed E-state index contributed by atoms with van der Waals surface area (Å²) in [6.45, 7) is 5.69. The Morgan fingerprint density at radius 2 is 1.77 bits per heavy atom. The fraction of sp³-hybridized carbons (Fsp3) is 0.444. The number of ether oxygens (including phenoxy) is 1. The van der Waals surface area contributed by atoms with Gasteiger partial charge in [-0.3, -0.25) is 0 Å². The summed E-state index contributed by atoms with van der Waals surface area (Å²) >= 11 is 0. The fourth-order valence-electron chi connectivity index (χ4n) is 0.615. The molecule has 0 unspecified atom stereocenters. The third-order valence-electron chi connectivity index (χ3n) is 1.24. The van der Waals surface area contributed by atoms with Gasteiger partial charge in [-0.15, -0.1) is 0 Å². The zero-order valence-electron chi connectivity index (χ0n) is 8.46. The van der Waals surface area contributed by atoms with E-state index in [9.17, 15) is 0 Å². The molecule has 0 saturated carbocycles. The second kappa shape index (κ2) is 6.11. The van der Waals surface area contributed by atoms with Crippen LogP contribution in [0.3, 0.4) is 0 Å². The molecule has 0 aliphatic carbocycles. The van der Waals surface area contributed by atoms with E-state index in [-0.39, 0.29) is 0 Å². The maximum Gasteiger partial charge on any atom is 0.316 e. The van der Waals surface area contributed by atoms with Crippen LogP contribution in [0.15, 0.2) is 12.4 Å². The Kier molecular flexibility index (Phi) is 5.43. The lowest BCUT2D eigenvalue weighted by Crippen LogP contribution is -1.97. The Bertz CT molecular complexity index is 256. The van der Waals surface area contributed by atoms with Gasteiger partial charge in [0.15, 0.2) is 0 Å². The molecule has 4 nitrogen and oxygen atoms in total. The van der Waals surface area contributed by atoms with Gasteiger partial charge in [0.25, 0.3) is 0 Å². The first-order valence-electron chi connectivity index (χ1n) is 4.15. The molecule has 0 aliphatic heterocycles. The van der Waals surface area contributed by atoms with Crippen LogP contribution in [-0.2, 0) is 0 Å². The summed E-state index contributed by atoms with van der Waals surface area (Å²) < 4.78 is 4.76. The van der Waals surface area contributed by atoms with Crippen molar-refractivity contribution in [2.24, 2.45) is 0 Å². The van der Waals surface area contributed by atoms with E-state index in [0.717, 1.165) is 0 Å². The number of aromatic nitrogens is 2. The van der Waals surface area contributed by atoms with Crippen molar-refractivity contribution in [1.82, 2.24) is 9.97 Å². The molecule has 13 heavy (non-hydrogen) atoms. The van der Waals surface area contributed by atoms with Crippen LogP contribution in [0.5, 0.6) is 6.01 Å². The molecular weight excluding hydrogens is 166 g/mol. The highest BCUT2D eigenvalue weighted by Crippen LogP contribution is 2.01. The summed E-state index contributed by atoms with van der Waals surface area (Å²) in [5.74, 6) is 0. The van der Waals surface area contributed by atoms with E-state index in [1.54, 1.807) is 19.3 Å². The molecule has 0 spiro atoms. The Balaban J connectivity index is 0.000000671. The molecule has 0 saturated heterocycles. The smallest absolute Gasteiger partial charge is 0.316 e. The van der Waals surface area contributed by atoms with Gasteiger partial charge in [-0.25, -0.2) is 9.97 Å². The van der Waals surface area contributed by atoms with Gasteiger partial charge in [0, 0.05) is 23.7 Å². The quantitative estimate of drug-likeness (QED) is 0.709. The van der Waals surface area contributed by atoms with Crippen molar-refractivity contribution in [3.8, 4) is 6.01 Å². The molecule has 72 valence electrons. The Labute approximate surface area is 78.5 Å². The van der Waals surface area contributed by atoms with Crippen molar-refractivity contribution in [2.75, 3.05) is 7.11 Å². The molecular formula is C9H15N3O. The van der Waals surface area contributed by atoms with E-state index < -0.39 is 0 Å². The average molecular weight is 181 g/mol. The van der Waals surface area contributed by atoms with Crippen LogP contribution < -0.4 is 4.74 Å². The van der Waals surface area contributed by atoms with Crippen LogP contribution in [0.1, 0.15) is 26.3 Å². The highest BCUT2D eigenvalue weighted by molar-refractivity contribution is 5.95. The van der Waals surface area contributed by atoms with Crippen molar-refractivity contribution < 1.29 is 4.74 Å². The lowest BCUT2D eigenvalue weighted by atomic mass is 10.2. The Morgan fingerprint density at radius 1 is 1.31 bits per heavy atom. The number of hydrogen-bond donors (Lipinski definition) is 1. The van der Waals surface area contributed by atoms with Crippen LogP contribution in [0, 0.1) is 5.41 Å². The number of rotatable bonds is 2. The summed E-state index contributed by atoms with van der Waals surface area (Å²) in [4.78, 5) is 7.69. The van der Waals surface area contributed by atoms with E-state index in [0.29, 0.717) is 17.3 Å². The molecule has 1 N–H and O–H groups in total. The number of hydrogen-bond acceptors (Lipinski definition) is 4. The van der Waals surface area contributed by atoms with Gasteiger partial charge in [0.2, 0.25) is 0 Å². The number of methoxy groups -OCH3 is 1. The maximum absolute atomic E-state index is 7.24. The van der Waals surface area contributed by atoms with Gasteiger partial charge >= 0.3 is 6.01 Å². The maximum atomic E-state index is 7.24. The molecule has 1 heterocycles. The normalized spacial score (nSPS) is 8.31. The minimum atomic E-state index is 0.329. The Morgan fingerprint density at radius 3 is 2.08 bits per heavy atom. The monoisotopic (exact) mass is 181 g/mol. The van der Waals surface area contributed by atoms with Crippen LogP contribution in [0.25, 0.3) is 0 Å². The molecule has 0 amide bonds. The van der Waals surface area contributed by atoms with Crippen LogP contribution >= 0.6 is 0 Å². The third kappa shape index (κ3) is 3.64. The van der Waals surface area contributed by atoms with Gasteiger partial charge in [-0.05, 0) is 6.92 Å². The summed E-state index contributed by atoms with van der Waals surface area (Å²) in [7, 11) is 1.51. The summed E-state index contributed by atoms with van der Waals surface area (Å²) in [5, 5.41) is 7.24. The number of nitrogens with zero attached hydrogens (tertiary/aromatic N) is 2. The van der Waals surface area contributed by atoms with Crippen molar-refractivity contribution in [1.29, 1.82) is 5.41 Å². The zero-order chi connectivity index (χ0) is 10.3. The van der Waals surface area contributed by atoms with Gasteiger partial charge in [0.1, 0.15) is 0 Å². The molecule has 1 aromatic heterocycles. The van der Waals surface area contributed by atoms with Gasteiger partial charge in [-0.1, -0.05) is 13.8 Å². The first-order chi connectivity index (χ1) is 6.24. The molecule has 1 rings (SSSR count). The lowest BCUT2D eigenvalue weighted by molar-refractivity contribution is 0.379. The first kappa shape index (κ1) is 11.6. The van der Waals surface area contributed by atoms with Crippen molar-refractivity contribution >= 4 is 5.71 Å². The highest BCUT2D eigenvalue weighted by atomic mass is 16.5. The SMILES string of the molecule is CC.COc1ncc(C(C)=N)cn1. The van der Waals surface area contributed by atoms with Gasteiger partial charge < -0.3 is 10.1 Å². The lowest BCUT2D eigenvalue weighted by Gasteiger charge is -1.97. The minimum Gasteiger partial charge on any atom is -0.467 e. The molecule has 0 aromatic carbocycles. The third-order valence-corrected chi connectivity index (χ3v) is 1.24. The Hall–Kier alpha value is -1.45. The van der Waals surface area contributed by atoms with Crippen LogP contribution in [0.4, 0.5) is 0 Å². The zero-order valence-corrected chi connectivity index (χ0v) is 8.46. The summed E-state index contributed by atoms with van der Waals surface area (Å²) in [6.07, 6.45) is 3.13. The molecule has 1 aromatic rings. The van der Waals surface area contributed by atoms with E-state index in [2.05, 4.69) is 9.97 Å². The predicted molar refractivity (Wildman–Crippen MR) is 52.4 cm³/mol. The fourth-order valence-corrected chi connectivity index (χ4v) is 0.615. The number of nitrogens with one attached hydrogen (secondary N) is 1. The van der Waals surface area contributed by atoms with Crippen LogP contribution in [-0.4, -0.2) is 22.8 Å². The first-order valence-corrected chi connectivity index (χ1v) is 4.15. The molecule has 0 aliphatic rings. The van der Waals surface area contributed by atoms with E-state index >= 15 is 0 Å². The second-order valence-electron chi connectivity index (χ2n) is 2.08. The summed E-state index contributed by atoms with van der Waals surface area (Å²) in [5.41, 5.74) is 1.17. The van der Waals surface area contributed by atoms with Crippen molar-refractivity contribution in [3.05, 3.63) is 18.0 Å². The van der Waals surface area contributed by atoms with Crippen molar-refractivity contribution in [2.45, 2.75) is 20.8 Å². The molecule has 0 fully saturated rings. The average Bonchev–Trinajstić information content (AvgIpc) is 2.21. The standard InChI is InChI=1S/C7H9N3O.C2H6/c1-5(8)6-3-9-7(11-2)10-4-6;1-2/h3-4,8H,1-2H3;1-2H3. The van der Waals surface area contributed by atoms with E-state index in [1.807, 2.05) is 13.8 Å². The van der Waals surface area contributed by atoms with Gasteiger partial charge in [0.05, 0.1) is 7.11 Å². The topological polar surface area (TPSA) is 58.9 Å². The minimum absolute atomic E-state index is 0.329. The molecule has 0 radical (unpaired) electrons. The molecule has 0 bridgehead atoms. The summed E-state index contributed by atoms with van der Waals surface area (Å²) in [6, 6.07) is 0.329. The van der Waals surface area contributed by atoms with Crippen LogP contribution in [0.2, 0.25) is 0 Å². The van der Waals surface area contributed by atoms with E-state index in [4.69, 9.17) is 10.1 Å². The highest BCUT2D eigenvalue weighted by Gasteiger charge is 1.96. The molecule has 4 heteroatoms. The molecule has 0 atom stereocenters.